The monoisotopic (exact) mass is 164 g/mol. The molecule has 1 N–H and O–H groups in total. The average molecular weight is 164 g/mol. The molecular weight excluding hydrogens is 150 g/mol. The van der Waals surface area contributed by atoms with E-state index in [0.29, 0.717) is 6.54 Å². The molecule has 0 bridgehead atoms. The molecule has 3 nitrogen and oxygen atoms in total. The topological polar surface area (TPSA) is 46.2 Å². The van der Waals surface area contributed by atoms with Gasteiger partial charge >= 0.3 is 0 Å². The van der Waals surface area contributed by atoms with Gasteiger partial charge in [0.25, 0.3) is 0 Å². The smallest absolute Gasteiger partial charge is 0.208 e. The minimum Gasteiger partial charge on any atom is -0.215 e. The summed E-state index contributed by atoms with van der Waals surface area (Å²) in [5, 5.41) is 0. The summed E-state index contributed by atoms with van der Waals surface area (Å²) in [5.74, 6) is 0. The van der Waals surface area contributed by atoms with Gasteiger partial charge in [-0.15, -0.1) is 0 Å². The molecule has 61 valence electrons. The molecule has 0 heterocycles. The van der Waals surface area contributed by atoms with Crippen molar-refractivity contribution in [1.82, 2.24) is 4.72 Å². The fourth-order valence-electron chi connectivity index (χ4n) is 0.559. The molecule has 0 rings (SSSR count). The van der Waals surface area contributed by atoms with Crippen molar-refractivity contribution < 1.29 is 8.42 Å². The highest BCUT2D eigenvalue weighted by Crippen LogP contribution is 1.90. The van der Waals surface area contributed by atoms with Gasteiger partial charge in [0, 0.05) is 6.54 Å². The zero-order chi connectivity index (χ0) is 8.04. The Labute approximate surface area is 62.9 Å². The first-order valence-electron chi connectivity index (χ1n) is 3.30. The minimum absolute atomic E-state index is 0.536. The number of rotatable bonds is 5. The first-order valence-corrected chi connectivity index (χ1v) is 5.19. The van der Waals surface area contributed by atoms with Crippen molar-refractivity contribution in [3.8, 4) is 0 Å². The van der Waals surface area contributed by atoms with E-state index in [1.165, 1.54) is 0 Å². The Morgan fingerprint density at radius 1 is 1.40 bits per heavy atom. The Morgan fingerprint density at radius 2 is 2.00 bits per heavy atom. The van der Waals surface area contributed by atoms with Crippen molar-refractivity contribution in [2.45, 2.75) is 19.3 Å². The molecule has 0 amide bonds. The summed E-state index contributed by atoms with van der Waals surface area (Å²) in [7, 11) is -2.97. The highest BCUT2D eigenvalue weighted by atomic mass is 32.2. The maximum absolute atomic E-state index is 10.5. The summed E-state index contributed by atoms with van der Waals surface area (Å²) in [5.41, 5.74) is 0. The van der Waals surface area contributed by atoms with Crippen LogP contribution in [-0.4, -0.2) is 21.2 Å². The van der Waals surface area contributed by atoms with Crippen LogP contribution in [0.1, 0.15) is 19.3 Å². The van der Waals surface area contributed by atoms with Crippen LogP contribution in [0.5, 0.6) is 0 Å². The summed E-state index contributed by atoms with van der Waals surface area (Å²) in [6.45, 7) is 4.18. The van der Waals surface area contributed by atoms with Gasteiger partial charge in [-0.25, -0.2) is 13.1 Å². The van der Waals surface area contributed by atoms with Crippen LogP contribution in [0.25, 0.3) is 0 Å². The lowest BCUT2D eigenvalue weighted by Crippen LogP contribution is -2.22. The van der Waals surface area contributed by atoms with Crippen molar-refractivity contribution in [2.75, 3.05) is 12.8 Å². The largest absolute Gasteiger partial charge is 0.215 e. The predicted octanol–water partition coefficient (Wildman–Crippen LogP) is 0.540. The Bertz CT molecular complexity index is 163. The third-order valence-electron chi connectivity index (χ3n) is 1.04. The molecule has 0 unspecified atom stereocenters. The van der Waals surface area contributed by atoms with Gasteiger partial charge in [-0.3, -0.25) is 0 Å². The second-order valence-electron chi connectivity index (χ2n) is 2.23. The molecule has 0 aromatic rings. The Morgan fingerprint density at radius 3 is 2.40 bits per heavy atom. The average Bonchev–Trinajstić information content (AvgIpc) is 1.78. The Kier molecular flexibility index (Phi) is 4.64. The highest BCUT2D eigenvalue weighted by molar-refractivity contribution is 7.88. The van der Waals surface area contributed by atoms with Gasteiger partial charge < -0.3 is 0 Å². The van der Waals surface area contributed by atoms with Gasteiger partial charge in [0.2, 0.25) is 10.0 Å². The summed E-state index contributed by atoms with van der Waals surface area (Å²) in [6.07, 6.45) is 3.88. The summed E-state index contributed by atoms with van der Waals surface area (Å²) < 4.78 is 23.3. The van der Waals surface area contributed by atoms with Crippen LogP contribution in [0.15, 0.2) is 0 Å². The number of hydrogen-bond acceptors (Lipinski definition) is 2. The molecular formula is C6H14NO2S. The standard InChI is InChI=1S/C6H14NO2S/c1-3-4-5-6-7-10(2,8)9/h7H,1,3-6H2,2H3. The summed E-state index contributed by atoms with van der Waals surface area (Å²) in [6, 6.07) is 0. The van der Waals surface area contributed by atoms with E-state index >= 15 is 0 Å². The third kappa shape index (κ3) is 7.91. The molecule has 0 saturated carbocycles. The normalized spacial score (nSPS) is 11.8. The van der Waals surface area contributed by atoms with E-state index < -0.39 is 10.0 Å². The fraction of sp³-hybridized carbons (Fsp3) is 0.833. The van der Waals surface area contributed by atoms with Gasteiger partial charge in [0.05, 0.1) is 6.26 Å². The zero-order valence-electron chi connectivity index (χ0n) is 6.26. The zero-order valence-corrected chi connectivity index (χ0v) is 7.08. The molecule has 0 spiro atoms. The van der Waals surface area contributed by atoms with Crippen LogP contribution < -0.4 is 4.72 Å². The molecule has 0 aliphatic heterocycles. The van der Waals surface area contributed by atoms with Gasteiger partial charge in [0.15, 0.2) is 0 Å². The number of nitrogens with one attached hydrogen (secondary N) is 1. The van der Waals surface area contributed by atoms with Crippen molar-refractivity contribution in [3.63, 3.8) is 0 Å². The fourth-order valence-corrected chi connectivity index (χ4v) is 1.07. The van der Waals surface area contributed by atoms with E-state index in [0.717, 1.165) is 25.5 Å². The van der Waals surface area contributed by atoms with Crippen LogP contribution in [0.3, 0.4) is 0 Å². The van der Waals surface area contributed by atoms with Crippen LogP contribution in [0, 0.1) is 6.92 Å². The van der Waals surface area contributed by atoms with E-state index in [2.05, 4.69) is 11.6 Å². The summed E-state index contributed by atoms with van der Waals surface area (Å²) in [4.78, 5) is 0. The highest BCUT2D eigenvalue weighted by Gasteiger charge is 1.96. The van der Waals surface area contributed by atoms with Gasteiger partial charge in [-0.2, -0.15) is 0 Å². The second-order valence-corrected chi connectivity index (χ2v) is 4.06. The molecule has 4 heteroatoms. The molecule has 1 radical (unpaired) electrons. The van der Waals surface area contributed by atoms with Crippen LogP contribution >= 0.6 is 0 Å². The van der Waals surface area contributed by atoms with Gasteiger partial charge in [-0.1, -0.05) is 19.8 Å². The van der Waals surface area contributed by atoms with Crippen LogP contribution in [0.4, 0.5) is 0 Å². The van der Waals surface area contributed by atoms with Crippen molar-refractivity contribution >= 4 is 10.0 Å². The van der Waals surface area contributed by atoms with Gasteiger partial charge in [-0.05, 0) is 6.42 Å². The molecule has 0 aliphatic carbocycles. The molecule has 0 aliphatic rings. The quantitative estimate of drug-likeness (QED) is 0.603. The maximum Gasteiger partial charge on any atom is 0.208 e. The van der Waals surface area contributed by atoms with E-state index in [9.17, 15) is 8.42 Å². The Hall–Kier alpha value is -0.0900. The molecule has 0 aromatic carbocycles. The third-order valence-corrected chi connectivity index (χ3v) is 1.77. The minimum atomic E-state index is -2.97. The van der Waals surface area contributed by atoms with Crippen LogP contribution in [-0.2, 0) is 10.0 Å². The molecule has 0 saturated heterocycles. The molecule has 0 fully saturated rings. The lowest BCUT2D eigenvalue weighted by molar-refractivity contribution is 0.583. The van der Waals surface area contributed by atoms with E-state index in [1.807, 2.05) is 0 Å². The first-order chi connectivity index (χ1) is 4.56. The molecule has 0 aromatic heterocycles. The van der Waals surface area contributed by atoms with E-state index in [4.69, 9.17) is 0 Å². The maximum atomic E-state index is 10.5. The predicted molar refractivity (Wildman–Crippen MR) is 42.1 cm³/mol. The van der Waals surface area contributed by atoms with Crippen molar-refractivity contribution in [2.24, 2.45) is 0 Å². The lowest BCUT2D eigenvalue weighted by atomic mass is 10.3. The number of unbranched alkanes of at least 4 members (excludes halogenated alkanes) is 2. The SMILES string of the molecule is [CH2]CCCCNS(C)(=O)=O. The van der Waals surface area contributed by atoms with E-state index in [1.54, 1.807) is 0 Å². The Balaban J connectivity index is 3.21. The number of hydrogen-bond donors (Lipinski definition) is 1. The lowest BCUT2D eigenvalue weighted by Gasteiger charge is -1.99. The first kappa shape index (κ1) is 9.91. The summed E-state index contributed by atoms with van der Waals surface area (Å²) >= 11 is 0. The molecule has 10 heavy (non-hydrogen) atoms. The van der Waals surface area contributed by atoms with Crippen LogP contribution in [0.2, 0.25) is 0 Å². The number of sulfonamides is 1. The van der Waals surface area contributed by atoms with Crippen molar-refractivity contribution in [3.05, 3.63) is 6.92 Å². The molecule has 0 atom stereocenters. The second kappa shape index (κ2) is 4.68. The van der Waals surface area contributed by atoms with E-state index in [-0.39, 0.29) is 0 Å². The van der Waals surface area contributed by atoms with Gasteiger partial charge in [0.1, 0.15) is 0 Å². The van der Waals surface area contributed by atoms with Crippen molar-refractivity contribution in [1.29, 1.82) is 0 Å².